The first-order chi connectivity index (χ1) is 17.9. The summed E-state index contributed by atoms with van der Waals surface area (Å²) in [6.07, 6.45) is 4.92. The van der Waals surface area contributed by atoms with Crippen LogP contribution in [0.5, 0.6) is 5.88 Å². The molecule has 2 saturated heterocycles. The number of halogens is 2. The van der Waals surface area contributed by atoms with Gasteiger partial charge in [-0.25, -0.2) is 23.8 Å². The minimum absolute atomic E-state index is 0.0221. The largest absolute Gasteiger partial charge is 0.471 e. The number of nitrogens with zero attached hydrogens (tertiary/aromatic N) is 6. The van der Waals surface area contributed by atoms with E-state index >= 15 is 4.39 Å². The summed E-state index contributed by atoms with van der Waals surface area (Å²) < 4.78 is 48.8. The maximum Gasteiger partial charge on any atom is 0.410 e. The van der Waals surface area contributed by atoms with E-state index in [0.29, 0.717) is 32.0 Å². The minimum atomic E-state index is -0.843. The Morgan fingerprint density at radius 1 is 1.16 bits per heavy atom. The molecular formula is C24H25F2N7O4. The molecule has 2 bridgehead atoms. The van der Waals surface area contributed by atoms with E-state index in [0.717, 1.165) is 19.2 Å². The molecule has 1 N–H and O–H groups in total. The number of anilines is 2. The maximum atomic E-state index is 15.3. The molecule has 2 aromatic heterocycles. The van der Waals surface area contributed by atoms with Gasteiger partial charge in [0.2, 0.25) is 5.82 Å². The van der Waals surface area contributed by atoms with Crippen LogP contribution in [0.1, 0.15) is 19.8 Å². The predicted molar refractivity (Wildman–Crippen MR) is 124 cm³/mol. The lowest BCUT2D eigenvalue weighted by Crippen LogP contribution is -2.59. The summed E-state index contributed by atoms with van der Waals surface area (Å²) in [5.41, 5.74) is 0.122. The van der Waals surface area contributed by atoms with E-state index in [2.05, 4.69) is 25.4 Å². The van der Waals surface area contributed by atoms with Gasteiger partial charge in [0.15, 0.2) is 5.82 Å². The van der Waals surface area contributed by atoms with Crippen molar-refractivity contribution in [3.05, 3.63) is 48.8 Å². The van der Waals surface area contributed by atoms with Gasteiger partial charge in [0.05, 0.1) is 24.6 Å². The topological polar surface area (TPSA) is 117 Å². The molecule has 11 nitrogen and oxygen atoms in total. The second-order valence-electron chi connectivity index (χ2n) is 9.83. The molecule has 2 atom stereocenters. The minimum Gasteiger partial charge on any atom is -0.471 e. The van der Waals surface area contributed by atoms with Crippen LogP contribution < -0.4 is 10.1 Å². The molecule has 2 aliphatic heterocycles. The number of carbonyl (C=O) groups excluding carboxylic acids is 1. The third-order valence-corrected chi connectivity index (χ3v) is 6.94. The first kappa shape index (κ1) is 23.5. The van der Waals surface area contributed by atoms with Crippen LogP contribution >= 0.6 is 0 Å². The summed E-state index contributed by atoms with van der Waals surface area (Å²) in [6.45, 7) is 3.40. The zero-order valence-corrected chi connectivity index (χ0v) is 20.0. The van der Waals surface area contributed by atoms with Crippen LogP contribution in [0, 0.1) is 23.5 Å². The smallest absolute Gasteiger partial charge is 0.410 e. The SMILES string of the molecule is CC1(OC(=O)N2CC3COCC(C2)C3Oc2ncnc(Nc3ccc(-n4cncn4)cc3F)c2F)CC1. The van der Waals surface area contributed by atoms with Crippen molar-refractivity contribution in [1.82, 2.24) is 29.6 Å². The van der Waals surface area contributed by atoms with E-state index in [4.69, 9.17) is 14.2 Å². The number of hydrogen-bond acceptors (Lipinski definition) is 9. The Hall–Kier alpha value is -3.87. The Kier molecular flexibility index (Phi) is 5.86. The number of fused-ring (bicyclic) bond motifs is 2. The third kappa shape index (κ3) is 4.78. The summed E-state index contributed by atoms with van der Waals surface area (Å²) >= 11 is 0. The summed E-state index contributed by atoms with van der Waals surface area (Å²) in [5.74, 6) is -2.30. The lowest BCUT2D eigenvalue weighted by molar-refractivity contribution is -0.112. The molecule has 4 heterocycles. The number of benzene rings is 1. The maximum absolute atomic E-state index is 15.3. The predicted octanol–water partition coefficient (Wildman–Crippen LogP) is 3.09. The molecule has 0 radical (unpaired) electrons. The molecule has 6 rings (SSSR count). The van der Waals surface area contributed by atoms with Gasteiger partial charge in [-0.3, -0.25) is 0 Å². The van der Waals surface area contributed by atoms with Crippen molar-refractivity contribution in [2.24, 2.45) is 11.8 Å². The van der Waals surface area contributed by atoms with Crippen molar-refractivity contribution < 1.29 is 27.8 Å². The highest BCUT2D eigenvalue weighted by molar-refractivity contribution is 5.68. The Balaban J connectivity index is 1.16. The molecule has 1 amide bonds. The normalized spacial score (nSPS) is 23.9. The van der Waals surface area contributed by atoms with Gasteiger partial charge in [0.25, 0.3) is 5.88 Å². The van der Waals surface area contributed by atoms with E-state index in [1.54, 1.807) is 11.0 Å². The lowest BCUT2D eigenvalue weighted by Gasteiger charge is -2.46. The van der Waals surface area contributed by atoms with E-state index in [1.807, 2.05) is 6.92 Å². The molecule has 13 heteroatoms. The van der Waals surface area contributed by atoms with E-state index in [1.165, 1.54) is 29.5 Å². The average Bonchev–Trinajstić information content (AvgIpc) is 3.35. The summed E-state index contributed by atoms with van der Waals surface area (Å²) in [7, 11) is 0. The molecule has 0 spiro atoms. The van der Waals surface area contributed by atoms with Gasteiger partial charge in [0, 0.05) is 31.0 Å². The van der Waals surface area contributed by atoms with Crippen LogP contribution in [0.3, 0.4) is 0 Å². The second-order valence-corrected chi connectivity index (χ2v) is 9.83. The van der Waals surface area contributed by atoms with Crippen molar-refractivity contribution in [3.8, 4) is 11.6 Å². The van der Waals surface area contributed by atoms with Gasteiger partial charge in [-0.15, -0.1) is 0 Å². The molecule has 2 unspecified atom stereocenters. The van der Waals surface area contributed by atoms with Gasteiger partial charge in [0.1, 0.15) is 36.5 Å². The Bertz CT molecular complexity index is 1290. The fourth-order valence-electron chi connectivity index (χ4n) is 4.66. The number of carbonyl (C=O) groups is 1. The molecule has 1 saturated carbocycles. The highest BCUT2D eigenvalue weighted by atomic mass is 19.1. The fourth-order valence-corrected chi connectivity index (χ4v) is 4.66. The van der Waals surface area contributed by atoms with Gasteiger partial charge in [-0.05, 0) is 31.9 Å². The second kappa shape index (κ2) is 9.21. The molecule has 3 aromatic rings. The molecule has 1 aliphatic carbocycles. The van der Waals surface area contributed by atoms with Crippen LogP contribution in [-0.2, 0) is 9.47 Å². The van der Waals surface area contributed by atoms with Gasteiger partial charge < -0.3 is 24.4 Å². The number of rotatable bonds is 6. The average molecular weight is 514 g/mol. The van der Waals surface area contributed by atoms with Crippen LogP contribution in [-0.4, -0.2) is 73.7 Å². The zero-order valence-electron chi connectivity index (χ0n) is 20.0. The van der Waals surface area contributed by atoms with E-state index in [9.17, 15) is 9.18 Å². The highest BCUT2D eigenvalue weighted by Crippen LogP contribution is 2.40. The van der Waals surface area contributed by atoms with E-state index in [-0.39, 0.29) is 40.9 Å². The molecule has 37 heavy (non-hydrogen) atoms. The first-order valence-corrected chi connectivity index (χ1v) is 12.0. The van der Waals surface area contributed by atoms with Crippen molar-refractivity contribution in [2.75, 3.05) is 31.6 Å². The first-order valence-electron chi connectivity index (χ1n) is 12.0. The third-order valence-electron chi connectivity index (χ3n) is 6.94. The standard InChI is InChI=1S/C24H25F2N7O4/c1-24(4-5-24)37-23(34)32-7-14-9-35-10-15(8-32)20(14)36-22-19(26)21(28-12-29-22)31-18-3-2-16(6-17(18)25)33-13-27-11-30-33/h2-3,6,11-15,20H,4-5,7-10H2,1H3,(H,28,29,31). The quantitative estimate of drug-likeness (QED) is 0.531. The molecular weight excluding hydrogens is 488 g/mol. The van der Waals surface area contributed by atoms with Crippen molar-refractivity contribution in [1.29, 1.82) is 0 Å². The molecule has 3 aliphatic rings. The highest BCUT2D eigenvalue weighted by Gasteiger charge is 2.47. The Morgan fingerprint density at radius 2 is 1.95 bits per heavy atom. The summed E-state index contributed by atoms with van der Waals surface area (Å²) in [5, 5.41) is 6.63. The number of nitrogens with one attached hydrogen (secondary N) is 1. The summed E-state index contributed by atoms with van der Waals surface area (Å²) in [4.78, 5) is 26.0. The number of piperidine rings is 1. The van der Waals surface area contributed by atoms with Crippen LogP contribution in [0.25, 0.3) is 5.69 Å². The zero-order chi connectivity index (χ0) is 25.6. The molecule has 194 valence electrons. The van der Waals surface area contributed by atoms with Crippen LogP contribution in [0.4, 0.5) is 25.1 Å². The van der Waals surface area contributed by atoms with Crippen molar-refractivity contribution >= 4 is 17.6 Å². The van der Waals surface area contributed by atoms with Gasteiger partial charge in [-0.1, -0.05) is 0 Å². The Morgan fingerprint density at radius 3 is 2.62 bits per heavy atom. The van der Waals surface area contributed by atoms with Gasteiger partial charge in [-0.2, -0.15) is 14.5 Å². The fraction of sp³-hybridized carbons (Fsp3) is 0.458. The number of hydrogen-bond donors (Lipinski definition) is 1. The monoisotopic (exact) mass is 513 g/mol. The van der Waals surface area contributed by atoms with Crippen LogP contribution in [0.15, 0.2) is 37.2 Å². The van der Waals surface area contributed by atoms with Crippen molar-refractivity contribution in [2.45, 2.75) is 31.5 Å². The number of ether oxygens (including phenoxy) is 3. The van der Waals surface area contributed by atoms with Crippen molar-refractivity contribution in [3.63, 3.8) is 0 Å². The summed E-state index contributed by atoms with van der Waals surface area (Å²) in [6, 6.07) is 4.31. The van der Waals surface area contributed by atoms with Gasteiger partial charge >= 0.3 is 6.09 Å². The molecule has 1 aromatic carbocycles. The Labute approximate surface area is 210 Å². The number of likely N-dealkylation sites (tertiary alicyclic amines) is 1. The van der Waals surface area contributed by atoms with E-state index < -0.39 is 17.7 Å². The van der Waals surface area contributed by atoms with Crippen LogP contribution in [0.2, 0.25) is 0 Å². The molecule has 3 fully saturated rings. The number of aromatic nitrogens is 5. The lowest BCUT2D eigenvalue weighted by atomic mass is 9.84. The number of amides is 1.